The van der Waals surface area contributed by atoms with Crippen LogP contribution < -0.4 is 10.7 Å². The highest BCUT2D eigenvalue weighted by molar-refractivity contribution is 5.96. The van der Waals surface area contributed by atoms with Crippen LogP contribution >= 0.6 is 0 Å². The first-order valence-electron chi connectivity index (χ1n) is 6.43. The predicted octanol–water partition coefficient (Wildman–Crippen LogP) is 0.923. The highest BCUT2D eigenvalue weighted by Crippen LogP contribution is 2.06. The Morgan fingerprint density at radius 2 is 2.00 bits per heavy atom. The van der Waals surface area contributed by atoms with E-state index in [1.807, 2.05) is 13.8 Å². The first-order chi connectivity index (χ1) is 9.22. The van der Waals surface area contributed by atoms with Crippen LogP contribution in [0, 0.1) is 12.8 Å². The van der Waals surface area contributed by atoms with Gasteiger partial charge in [-0.05, 0) is 19.3 Å². The van der Waals surface area contributed by atoms with Gasteiger partial charge in [0, 0.05) is 25.0 Å². The first kappa shape index (κ1) is 15.9. The fourth-order valence-corrected chi connectivity index (χ4v) is 1.83. The molecule has 110 valence electrons. The van der Waals surface area contributed by atoms with Crippen molar-refractivity contribution >= 4 is 11.9 Å². The summed E-state index contributed by atoms with van der Waals surface area (Å²) in [7, 11) is 1.72. The summed E-state index contributed by atoms with van der Waals surface area (Å²) in [5, 5.41) is 11.5. The lowest BCUT2D eigenvalue weighted by molar-refractivity contribution is -0.139. The largest absolute Gasteiger partial charge is 0.480 e. The Hall–Kier alpha value is -2.11. The van der Waals surface area contributed by atoms with E-state index in [4.69, 9.17) is 5.11 Å². The quantitative estimate of drug-likeness (QED) is 0.839. The van der Waals surface area contributed by atoms with Crippen molar-refractivity contribution in [3.63, 3.8) is 0 Å². The summed E-state index contributed by atoms with van der Waals surface area (Å²) >= 11 is 0. The van der Waals surface area contributed by atoms with E-state index < -0.39 is 23.3 Å². The number of carboxylic acid groups (broad SMARTS) is 1. The number of aromatic nitrogens is 1. The summed E-state index contributed by atoms with van der Waals surface area (Å²) < 4.78 is 1.65. The molecule has 0 saturated heterocycles. The number of rotatable bonds is 5. The van der Waals surface area contributed by atoms with E-state index >= 15 is 0 Å². The van der Waals surface area contributed by atoms with Gasteiger partial charge in [-0.15, -0.1) is 0 Å². The van der Waals surface area contributed by atoms with Crippen molar-refractivity contribution in [1.29, 1.82) is 0 Å². The molecule has 0 aliphatic carbocycles. The third-order valence-electron chi connectivity index (χ3n) is 3.04. The van der Waals surface area contributed by atoms with E-state index in [-0.39, 0.29) is 11.5 Å². The summed E-state index contributed by atoms with van der Waals surface area (Å²) in [5.41, 5.74) is 0.267. The van der Waals surface area contributed by atoms with Gasteiger partial charge in [-0.3, -0.25) is 9.59 Å². The maximum absolute atomic E-state index is 12.0. The number of amides is 1. The molecule has 0 fully saturated rings. The molecule has 6 nitrogen and oxygen atoms in total. The molecule has 0 aliphatic heterocycles. The Balaban J connectivity index is 2.98. The number of carbonyl (C=O) groups is 2. The molecule has 1 aromatic rings. The Morgan fingerprint density at radius 1 is 1.40 bits per heavy atom. The van der Waals surface area contributed by atoms with Gasteiger partial charge < -0.3 is 15.0 Å². The highest BCUT2D eigenvalue weighted by atomic mass is 16.4. The van der Waals surface area contributed by atoms with Gasteiger partial charge in [0.2, 0.25) is 0 Å². The van der Waals surface area contributed by atoms with Crippen LogP contribution in [-0.2, 0) is 11.8 Å². The molecule has 2 N–H and O–H groups in total. The Labute approximate surface area is 117 Å². The van der Waals surface area contributed by atoms with Crippen LogP contribution in [0.1, 0.15) is 36.3 Å². The van der Waals surface area contributed by atoms with E-state index in [0.29, 0.717) is 6.42 Å². The van der Waals surface area contributed by atoms with E-state index in [2.05, 4.69) is 5.32 Å². The van der Waals surface area contributed by atoms with Gasteiger partial charge in [-0.2, -0.15) is 0 Å². The monoisotopic (exact) mass is 280 g/mol. The van der Waals surface area contributed by atoms with Crippen LogP contribution in [0.5, 0.6) is 0 Å². The summed E-state index contributed by atoms with van der Waals surface area (Å²) in [6, 6.07) is 0.362. The normalized spacial score (nSPS) is 12.2. The molecule has 1 amide bonds. The molecule has 0 aliphatic rings. The van der Waals surface area contributed by atoms with Gasteiger partial charge in [0.15, 0.2) is 5.43 Å². The average Bonchev–Trinajstić information content (AvgIpc) is 2.32. The molecule has 1 atom stereocenters. The van der Waals surface area contributed by atoms with Gasteiger partial charge in [-0.1, -0.05) is 13.8 Å². The second-order valence-electron chi connectivity index (χ2n) is 5.30. The number of nitrogens with zero attached hydrogens (tertiary/aromatic N) is 1. The number of hydrogen-bond acceptors (Lipinski definition) is 3. The standard InChI is InChI=1S/C14H20N2O4/c1-8(2)5-11(14(19)20)15-13(18)10-7-16(4)9(3)6-12(10)17/h6-8,11H,5H2,1-4H3,(H,15,18)(H,19,20)/t11-/m0/s1. The minimum Gasteiger partial charge on any atom is -0.480 e. The fraction of sp³-hybridized carbons (Fsp3) is 0.500. The third kappa shape index (κ3) is 3.94. The van der Waals surface area contributed by atoms with Gasteiger partial charge >= 0.3 is 5.97 Å². The molecule has 1 aromatic heterocycles. The molecule has 0 radical (unpaired) electrons. The van der Waals surface area contributed by atoms with E-state index in [1.54, 1.807) is 18.5 Å². The number of carbonyl (C=O) groups excluding carboxylic acids is 1. The van der Waals surface area contributed by atoms with Crippen molar-refractivity contribution < 1.29 is 14.7 Å². The zero-order chi connectivity index (χ0) is 15.4. The number of aliphatic carboxylic acids is 1. The molecular formula is C14H20N2O4. The lowest BCUT2D eigenvalue weighted by Crippen LogP contribution is -2.43. The average molecular weight is 280 g/mol. The van der Waals surface area contributed by atoms with E-state index in [0.717, 1.165) is 5.69 Å². The van der Waals surface area contributed by atoms with Gasteiger partial charge in [0.05, 0.1) is 0 Å². The second kappa shape index (κ2) is 6.36. The minimum absolute atomic E-state index is 0.0480. The SMILES string of the molecule is Cc1cc(=O)c(C(=O)N[C@@H](CC(C)C)C(=O)O)cn1C. The topological polar surface area (TPSA) is 88.4 Å². The predicted molar refractivity (Wildman–Crippen MR) is 74.8 cm³/mol. The van der Waals surface area contributed by atoms with Gasteiger partial charge in [0.25, 0.3) is 5.91 Å². The van der Waals surface area contributed by atoms with Crippen molar-refractivity contribution in [2.75, 3.05) is 0 Å². The zero-order valence-corrected chi connectivity index (χ0v) is 12.1. The Bertz CT molecular complexity index is 575. The first-order valence-corrected chi connectivity index (χ1v) is 6.43. The molecule has 0 saturated carbocycles. The molecule has 1 heterocycles. The van der Waals surface area contributed by atoms with Crippen molar-refractivity contribution in [1.82, 2.24) is 9.88 Å². The summed E-state index contributed by atoms with van der Waals surface area (Å²) in [6.45, 7) is 5.49. The Morgan fingerprint density at radius 3 is 2.50 bits per heavy atom. The van der Waals surface area contributed by atoms with E-state index in [9.17, 15) is 14.4 Å². The molecule has 0 bridgehead atoms. The smallest absolute Gasteiger partial charge is 0.326 e. The highest BCUT2D eigenvalue weighted by Gasteiger charge is 2.23. The van der Waals surface area contributed by atoms with Crippen LogP contribution in [0.3, 0.4) is 0 Å². The van der Waals surface area contributed by atoms with E-state index in [1.165, 1.54) is 12.3 Å². The van der Waals surface area contributed by atoms with Crippen LogP contribution in [0.4, 0.5) is 0 Å². The van der Waals surface area contributed by atoms with Crippen molar-refractivity contribution in [3.8, 4) is 0 Å². The van der Waals surface area contributed by atoms with Crippen LogP contribution in [0.15, 0.2) is 17.1 Å². The lowest BCUT2D eigenvalue weighted by atomic mass is 10.0. The van der Waals surface area contributed by atoms with Crippen LogP contribution in [0.2, 0.25) is 0 Å². The maximum Gasteiger partial charge on any atom is 0.326 e. The summed E-state index contributed by atoms with van der Waals surface area (Å²) in [4.78, 5) is 34.9. The van der Waals surface area contributed by atoms with Gasteiger partial charge in [0.1, 0.15) is 11.6 Å². The fourth-order valence-electron chi connectivity index (χ4n) is 1.83. The molecule has 1 rings (SSSR count). The van der Waals surface area contributed by atoms with Crippen LogP contribution in [-0.4, -0.2) is 27.6 Å². The third-order valence-corrected chi connectivity index (χ3v) is 3.04. The number of aryl methyl sites for hydroxylation is 2. The molecular weight excluding hydrogens is 260 g/mol. The Kier molecular flexibility index (Phi) is 5.07. The number of carboxylic acids is 1. The van der Waals surface area contributed by atoms with Gasteiger partial charge in [-0.25, -0.2) is 4.79 Å². The maximum atomic E-state index is 12.0. The minimum atomic E-state index is -1.10. The molecule has 6 heteroatoms. The number of nitrogens with one attached hydrogen (secondary N) is 1. The van der Waals surface area contributed by atoms with Crippen molar-refractivity contribution in [3.05, 3.63) is 33.7 Å². The molecule has 0 aromatic carbocycles. The van der Waals surface area contributed by atoms with Crippen LogP contribution in [0.25, 0.3) is 0 Å². The summed E-state index contributed by atoms with van der Waals surface area (Å²) in [6.07, 6.45) is 1.73. The molecule has 20 heavy (non-hydrogen) atoms. The lowest BCUT2D eigenvalue weighted by Gasteiger charge is -2.16. The number of hydrogen-bond donors (Lipinski definition) is 2. The zero-order valence-electron chi connectivity index (χ0n) is 12.1. The second-order valence-corrected chi connectivity index (χ2v) is 5.30. The molecule has 0 unspecified atom stereocenters. The van der Waals surface area contributed by atoms with Crippen molar-refractivity contribution in [2.24, 2.45) is 13.0 Å². The number of pyridine rings is 1. The van der Waals surface area contributed by atoms with Crippen molar-refractivity contribution in [2.45, 2.75) is 33.2 Å². The molecule has 0 spiro atoms. The summed E-state index contributed by atoms with van der Waals surface area (Å²) in [5.74, 6) is -1.63.